The predicted octanol–water partition coefficient (Wildman–Crippen LogP) is 5.46. The summed E-state index contributed by atoms with van der Waals surface area (Å²) in [6, 6.07) is 11.5. The molecule has 0 fully saturated rings. The third-order valence-electron chi connectivity index (χ3n) is 5.59. The number of carbonyl (C=O) groups is 3. The number of carbonyl (C=O) groups excluding carboxylic acids is 2. The van der Waals surface area contributed by atoms with Gasteiger partial charge in [-0.2, -0.15) is 5.10 Å². The lowest BCUT2D eigenvalue weighted by atomic mass is 10.0. The van der Waals surface area contributed by atoms with E-state index in [0.29, 0.717) is 15.7 Å². The lowest BCUT2D eigenvalue weighted by Crippen LogP contribution is -2.42. The van der Waals surface area contributed by atoms with Gasteiger partial charge in [-0.25, -0.2) is 18.9 Å². The molecular formula is C26H19BrCl2FN5O4. The number of halogens is 4. The molecule has 2 heterocycles. The molecule has 9 nitrogen and oxygen atoms in total. The van der Waals surface area contributed by atoms with Gasteiger partial charge in [-0.3, -0.25) is 9.59 Å². The number of rotatable bonds is 8. The van der Waals surface area contributed by atoms with Crippen LogP contribution in [-0.4, -0.2) is 43.7 Å². The van der Waals surface area contributed by atoms with E-state index in [9.17, 15) is 23.9 Å². The molecule has 2 amide bonds. The molecule has 0 bridgehead atoms. The zero-order chi connectivity index (χ0) is 28.3. The van der Waals surface area contributed by atoms with Gasteiger partial charge in [0.15, 0.2) is 5.82 Å². The van der Waals surface area contributed by atoms with E-state index in [4.69, 9.17) is 23.2 Å². The number of carboxylic acids is 1. The van der Waals surface area contributed by atoms with Crippen molar-refractivity contribution in [2.24, 2.45) is 0 Å². The largest absolute Gasteiger partial charge is 0.480 e. The van der Waals surface area contributed by atoms with E-state index in [-0.39, 0.29) is 39.2 Å². The molecule has 0 spiro atoms. The number of pyridine rings is 1. The highest BCUT2D eigenvalue weighted by atomic mass is 79.9. The standard InChI is InChI=1S/C26H19BrCl2FN5O4/c1-13-9-15(28)11-17(24(36)32-19(26(38)39)10-14-4-6-16(30)7-5-14)22(13)33-25(37)20-12-21(27)34-35(20)23-18(29)3-2-8-31-23/h2-9,11-12,19H,10H2,1H3,(H,32,36)(H,33,37)(H,38,39). The average Bonchev–Trinajstić information content (AvgIpc) is 3.27. The molecule has 2 aromatic heterocycles. The SMILES string of the molecule is Cc1cc(Cl)cc(C(=O)NC(Cc2ccc(F)cc2)C(=O)O)c1NC(=O)c1cc(Br)nn1-c1ncccc1Cl. The molecule has 0 aliphatic carbocycles. The van der Waals surface area contributed by atoms with Gasteiger partial charge in [0.05, 0.1) is 16.3 Å². The van der Waals surface area contributed by atoms with Crippen LogP contribution >= 0.6 is 39.1 Å². The molecule has 0 saturated heterocycles. The van der Waals surface area contributed by atoms with Crippen LogP contribution in [0.25, 0.3) is 5.82 Å². The number of anilines is 1. The second kappa shape index (κ2) is 11.9. The maximum absolute atomic E-state index is 13.4. The van der Waals surface area contributed by atoms with Crippen LogP contribution in [0.3, 0.4) is 0 Å². The molecule has 200 valence electrons. The number of carboxylic acid groups (broad SMARTS) is 1. The summed E-state index contributed by atoms with van der Waals surface area (Å²) in [5.41, 5.74) is 1.07. The second-order valence-corrected chi connectivity index (χ2v) is 10.0. The minimum absolute atomic E-state index is 0.0558. The first-order valence-corrected chi connectivity index (χ1v) is 12.8. The Kier molecular flexibility index (Phi) is 8.63. The van der Waals surface area contributed by atoms with Crippen molar-refractivity contribution in [3.05, 3.63) is 104 Å². The van der Waals surface area contributed by atoms with Gasteiger partial charge in [-0.1, -0.05) is 35.3 Å². The van der Waals surface area contributed by atoms with Crippen LogP contribution in [0.4, 0.5) is 10.1 Å². The molecule has 0 aliphatic heterocycles. The summed E-state index contributed by atoms with van der Waals surface area (Å²) in [5.74, 6) is -2.98. The van der Waals surface area contributed by atoms with Gasteiger partial charge in [0.25, 0.3) is 11.8 Å². The Balaban J connectivity index is 1.64. The van der Waals surface area contributed by atoms with Gasteiger partial charge in [0.2, 0.25) is 0 Å². The Labute approximate surface area is 240 Å². The lowest BCUT2D eigenvalue weighted by Gasteiger charge is -2.18. The highest BCUT2D eigenvalue weighted by molar-refractivity contribution is 9.10. The van der Waals surface area contributed by atoms with Crippen LogP contribution in [0.2, 0.25) is 10.0 Å². The Morgan fingerprint density at radius 1 is 1.10 bits per heavy atom. The van der Waals surface area contributed by atoms with Gasteiger partial charge in [-0.05, 0) is 70.4 Å². The Morgan fingerprint density at radius 2 is 1.82 bits per heavy atom. The van der Waals surface area contributed by atoms with Crippen LogP contribution in [0.5, 0.6) is 0 Å². The van der Waals surface area contributed by atoms with Crippen LogP contribution in [0.15, 0.2) is 65.4 Å². The Hall–Kier alpha value is -3.80. The Morgan fingerprint density at radius 3 is 2.49 bits per heavy atom. The smallest absolute Gasteiger partial charge is 0.326 e. The van der Waals surface area contributed by atoms with E-state index in [1.807, 2.05) is 0 Å². The number of nitrogens with zero attached hydrogens (tertiary/aromatic N) is 3. The minimum atomic E-state index is -1.34. The highest BCUT2D eigenvalue weighted by Gasteiger charge is 2.26. The van der Waals surface area contributed by atoms with Crippen molar-refractivity contribution in [3.63, 3.8) is 0 Å². The maximum atomic E-state index is 13.4. The van der Waals surface area contributed by atoms with E-state index >= 15 is 0 Å². The summed E-state index contributed by atoms with van der Waals surface area (Å²) >= 11 is 15.7. The summed E-state index contributed by atoms with van der Waals surface area (Å²) in [4.78, 5) is 42.8. The Bertz CT molecular complexity index is 1580. The van der Waals surface area contributed by atoms with Crippen LogP contribution in [0, 0.1) is 12.7 Å². The molecule has 2 aromatic carbocycles. The molecular weight excluding hydrogens is 616 g/mol. The maximum Gasteiger partial charge on any atom is 0.326 e. The predicted molar refractivity (Wildman–Crippen MR) is 147 cm³/mol. The molecule has 13 heteroatoms. The summed E-state index contributed by atoms with van der Waals surface area (Å²) in [5, 5.41) is 19.6. The van der Waals surface area contributed by atoms with Gasteiger partial charge < -0.3 is 15.7 Å². The molecule has 3 N–H and O–H groups in total. The number of benzene rings is 2. The first kappa shape index (κ1) is 28.2. The number of aromatic nitrogens is 3. The second-order valence-electron chi connectivity index (χ2n) is 8.37. The molecule has 39 heavy (non-hydrogen) atoms. The van der Waals surface area contributed by atoms with Crippen LogP contribution in [0.1, 0.15) is 32.0 Å². The van der Waals surface area contributed by atoms with Crippen molar-refractivity contribution in [3.8, 4) is 5.82 Å². The molecule has 0 saturated carbocycles. The fourth-order valence-corrected chi connectivity index (χ4v) is 4.62. The molecule has 0 radical (unpaired) electrons. The topological polar surface area (TPSA) is 126 Å². The van der Waals surface area contributed by atoms with Crippen molar-refractivity contribution in [1.29, 1.82) is 0 Å². The van der Waals surface area contributed by atoms with Gasteiger partial charge >= 0.3 is 5.97 Å². The number of hydrogen-bond acceptors (Lipinski definition) is 5. The number of hydrogen-bond donors (Lipinski definition) is 3. The third-order valence-corrected chi connectivity index (χ3v) is 6.49. The van der Waals surface area contributed by atoms with Crippen molar-refractivity contribution in [2.45, 2.75) is 19.4 Å². The molecule has 4 rings (SSSR count). The molecule has 1 atom stereocenters. The number of aliphatic carboxylic acids is 1. The highest BCUT2D eigenvalue weighted by Crippen LogP contribution is 2.28. The van der Waals surface area contributed by atoms with E-state index in [1.54, 1.807) is 25.1 Å². The van der Waals surface area contributed by atoms with Crippen molar-refractivity contribution >= 4 is 62.6 Å². The summed E-state index contributed by atoms with van der Waals surface area (Å²) < 4.78 is 14.8. The van der Waals surface area contributed by atoms with E-state index in [0.717, 1.165) is 0 Å². The van der Waals surface area contributed by atoms with E-state index in [1.165, 1.54) is 47.3 Å². The van der Waals surface area contributed by atoms with E-state index in [2.05, 4.69) is 36.6 Å². The fraction of sp³-hybridized carbons (Fsp3) is 0.115. The summed E-state index contributed by atoms with van der Waals surface area (Å²) in [6.45, 7) is 1.63. The fourth-order valence-electron chi connectivity index (χ4n) is 3.77. The van der Waals surface area contributed by atoms with Crippen LogP contribution in [-0.2, 0) is 11.2 Å². The summed E-state index contributed by atoms with van der Waals surface area (Å²) in [6.07, 6.45) is 1.40. The zero-order valence-electron chi connectivity index (χ0n) is 20.1. The van der Waals surface area contributed by atoms with Crippen molar-refractivity contribution in [1.82, 2.24) is 20.1 Å². The number of amides is 2. The number of aryl methyl sites for hydroxylation is 1. The van der Waals surface area contributed by atoms with Gasteiger partial charge in [0, 0.05) is 23.7 Å². The van der Waals surface area contributed by atoms with Gasteiger partial charge in [-0.15, -0.1) is 0 Å². The summed E-state index contributed by atoms with van der Waals surface area (Å²) in [7, 11) is 0. The molecule has 4 aromatic rings. The first-order valence-electron chi connectivity index (χ1n) is 11.3. The minimum Gasteiger partial charge on any atom is -0.480 e. The monoisotopic (exact) mass is 633 g/mol. The normalized spacial score (nSPS) is 11.6. The zero-order valence-corrected chi connectivity index (χ0v) is 23.2. The van der Waals surface area contributed by atoms with Crippen LogP contribution < -0.4 is 10.6 Å². The number of nitrogens with one attached hydrogen (secondary N) is 2. The van der Waals surface area contributed by atoms with Gasteiger partial charge in [0.1, 0.15) is 22.2 Å². The third kappa shape index (κ3) is 6.62. The quantitative estimate of drug-likeness (QED) is 0.236. The van der Waals surface area contributed by atoms with Crippen molar-refractivity contribution < 1.29 is 23.9 Å². The molecule has 1 unspecified atom stereocenters. The first-order chi connectivity index (χ1) is 18.5. The van der Waals surface area contributed by atoms with Crippen molar-refractivity contribution in [2.75, 3.05) is 5.32 Å². The lowest BCUT2D eigenvalue weighted by molar-refractivity contribution is -0.139. The average molecular weight is 635 g/mol. The molecule has 0 aliphatic rings. The van der Waals surface area contributed by atoms with E-state index < -0.39 is 29.6 Å².